The second-order valence-corrected chi connectivity index (χ2v) is 7.03. The number of carbonyl (C=O) groups excluding carboxylic acids is 3. The largest absolute Gasteiger partial charge is 0.344 e. The maximum absolute atomic E-state index is 12.7. The van der Waals surface area contributed by atoms with Crippen molar-refractivity contribution in [2.45, 2.75) is 25.3 Å². The van der Waals surface area contributed by atoms with Crippen LogP contribution < -0.4 is 10.2 Å². The summed E-state index contributed by atoms with van der Waals surface area (Å²) in [5.41, 5.74) is 0.663. The Balaban J connectivity index is 1.62. The number of rotatable bonds is 4. The van der Waals surface area contributed by atoms with Crippen molar-refractivity contribution in [2.24, 2.45) is 5.92 Å². The number of halogens is 1. The van der Waals surface area contributed by atoms with E-state index in [4.69, 9.17) is 11.6 Å². The first kappa shape index (κ1) is 18.5. The van der Waals surface area contributed by atoms with Crippen molar-refractivity contribution >= 4 is 35.0 Å². The SMILES string of the molecule is C=CC(=O)N1CCCC(C(=O)NC2CCN(c3ccccc3Cl)C2=O)C1. The first-order valence-electron chi connectivity index (χ1n) is 8.79. The van der Waals surface area contributed by atoms with E-state index in [2.05, 4.69) is 11.9 Å². The summed E-state index contributed by atoms with van der Waals surface area (Å²) in [6, 6.07) is 6.62. The van der Waals surface area contributed by atoms with Gasteiger partial charge in [-0.1, -0.05) is 30.3 Å². The molecule has 0 bridgehead atoms. The van der Waals surface area contributed by atoms with Crippen molar-refractivity contribution in [1.29, 1.82) is 0 Å². The molecule has 2 aliphatic rings. The average Bonchev–Trinajstić information content (AvgIpc) is 3.02. The van der Waals surface area contributed by atoms with Crippen LogP contribution in [0.25, 0.3) is 0 Å². The molecule has 0 aromatic heterocycles. The Labute approximate surface area is 157 Å². The quantitative estimate of drug-likeness (QED) is 0.818. The molecule has 6 nitrogen and oxygen atoms in total. The lowest BCUT2D eigenvalue weighted by Crippen LogP contribution is -2.49. The smallest absolute Gasteiger partial charge is 0.249 e. The molecule has 1 aromatic carbocycles. The highest BCUT2D eigenvalue weighted by atomic mass is 35.5. The lowest BCUT2D eigenvalue weighted by Gasteiger charge is -2.31. The summed E-state index contributed by atoms with van der Waals surface area (Å²) >= 11 is 6.18. The molecule has 0 saturated carbocycles. The maximum Gasteiger partial charge on any atom is 0.249 e. The molecule has 0 spiro atoms. The van der Waals surface area contributed by atoms with Crippen molar-refractivity contribution < 1.29 is 14.4 Å². The molecule has 7 heteroatoms. The Kier molecular flexibility index (Phi) is 5.61. The highest BCUT2D eigenvalue weighted by Gasteiger charge is 2.36. The van der Waals surface area contributed by atoms with Crippen LogP contribution in [0.4, 0.5) is 5.69 Å². The third-order valence-corrected chi connectivity index (χ3v) is 5.26. The Morgan fingerprint density at radius 1 is 1.23 bits per heavy atom. The number of carbonyl (C=O) groups is 3. The molecule has 1 N–H and O–H groups in total. The first-order valence-corrected chi connectivity index (χ1v) is 9.16. The number of likely N-dealkylation sites (tertiary alicyclic amines) is 1. The van der Waals surface area contributed by atoms with Crippen LogP contribution in [0.1, 0.15) is 19.3 Å². The molecular formula is C19H22ClN3O3. The Hall–Kier alpha value is -2.34. The maximum atomic E-state index is 12.7. The van der Waals surface area contributed by atoms with E-state index in [1.165, 1.54) is 6.08 Å². The second-order valence-electron chi connectivity index (χ2n) is 6.62. The Bertz CT molecular complexity index is 736. The van der Waals surface area contributed by atoms with E-state index in [1.54, 1.807) is 21.9 Å². The topological polar surface area (TPSA) is 69.7 Å². The Morgan fingerprint density at radius 2 is 2.00 bits per heavy atom. The fourth-order valence-corrected chi connectivity index (χ4v) is 3.77. The Morgan fingerprint density at radius 3 is 2.73 bits per heavy atom. The molecule has 3 rings (SSSR count). The van der Waals surface area contributed by atoms with Gasteiger partial charge >= 0.3 is 0 Å². The van der Waals surface area contributed by atoms with E-state index in [9.17, 15) is 14.4 Å². The van der Waals surface area contributed by atoms with Gasteiger partial charge in [0.25, 0.3) is 0 Å². The molecule has 2 fully saturated rings. The van der Waals surface area contributed by atoms with Gasteiger partial charge in [0.05, 0.1) is 16.6 Å². The molecule has 2 atom stereocenters. The zero-order valence-electron chi connectivity index (χ0n) is 14.5. The van der Waals surface area contributed by atoms with Gasteiger partial charge in [-0.3, -0.25) is 14.4 Å². The number of amides is 3. The predicted molar refractivity (Wildman–Crippen MR) is 99.9 cm³/mol. The van der Waals surface area contributed by atoms with E-state index in [1.807, 2.05) is 12.1 Å². The molecular weight excluding hydrogens is 354 g/mol. The highest BCUT2D eigenvalue weighted by molar-refractivity contribution is 6.34. The van der Waals surface area contributed by atoms with Crippen LogP contribution in [-0.2, 0) is 14.4 Å². The highest BCUT2D eigenvalue weighted by Crippen LogP contribution is 2.29. The lowest BCUT2D eigenvalue weighted by molar-refractivity contribution is -0.134. The summed E-state index contributed by atoms with van der Waals surface area (Å²) in [6.45, 7) is 5.01. The molecule has 2 aliphatic heterocycles. The van der Waals surface area contributed by atoms with Crippen LogP contribution in [0.5, 0.6) is 0 Å². The number of benzene rings is 1. The molecule has 26 heavy (non-hydrogen) atoms. The minimum atomic E-state index is -0.552. The number of hydrogen-bond donors (Lipinski definition) is 1. The summed E-state index contributed by atoms with van der Waals surface area (Å²) in [5, 5.41) is 3.37. The molecule has 2 unspecified atom stereocenters. The normalized spacial score (nSPS) is 23.0. The van der Waals surface area contributed by atoms with E-state index in [0.29, 0.717) is 43.2 Å². The van der Waals surface area contributed by atoms with Crippen LogP contribution in [-0.4, -0.2) is 48.3 Å². The summed E-state index contributed by atoms with van der Waals surface area (Å²) in [4.78, 5) is 40.3. The molecule has 0 aliphatic carbocycles. The third kappa shape index (κ3) is 3.75. The van der Waals surface area contributed by atoms with Gasteiger partial charge in [0.15, 0.2) is 0 Å². The van der Waals surface area contributed by atoms with E-state index < -0.39 is 6.04 Å². The number of nitrogens with one attached hydrogen (secondary N) is 1. The fourth-order valence-electron chi connectivity index (χ4n) is 3.53. The molecule has 0 radical (unpaired) electrons. The van der Waals surface area contributed by atoms with Crippen LogP contribution in [0.2, 0.25) is 5.02 Å². The van der Waals surface area contributed by atoms with Gasteiger partial charge in [-0.25, -0.2) is 0 Å². The van der Waals surface area contributed by atoms with Crippen LogP contribution >= 0.6 is 11.6 Å². The van der Waals surface area contributed by atoms with Crippen molar-refractivity contribution in [3.05, 3.63) is 41.9 Å². The molecule has 3 amide bonds. The summed E-state index contributed by atoms with van der Waals surface area (Å²) < 4.78 is 0. The lowest BCUT2D eigenvalue weighted by atomic mass is 9.96. The third-order valence-electron chi connectivity index (χ3n) is 4.94. The predicted octanol–water partition coefficient (Wildman–Crippen LogP) is 1.99. The molecule has 2 heterocycles. The minimum Gasteiger partial charge on any atom is -0.344 e. The first-order chi connectivity index (χ1) is 12.5. The van der Waals surface area contributed by atoms with Crippen molar-refractivity contribution in [3.63, 3.8) is 0 Å². The summed E-state index contributed by atoms with van der Waals surface area (Å²) in [7, 11) is 0. The van der Waals surface area contributed by atoms with Gasteiger partial charge in [0.1, 0.15) is 6.04 Å². The van der Waals surface area contributed by atoms with Gasteiger partial charge in [0.2, 0.25) is 17.7 Å². The summed E-state index contributed by atoms with van der Waals surface area (Å²) in [6.07, 6.45) is 3.28. The molecule has 138 valence electrons. The molecule has 1 aromatic rings. The van der Waals surface area contributed by atoms with E-state index in [0.717, 1.165) is 6.42 Å². The zero-order chi connectivity index (χ0) is 18.7. The van der Waals surface area contributed by atoms with Crippen molar-refractivity contribution in [1.82, 2.24) is 10.2 Å². The number of hydrogen-bond acceptors (Lipinski definition) is 3. The number of anilines is 1. The van der Waals surface area contributed by atoms with Gasteiger partial charge in [0, 0.05) is 19.6 Å². The van der Waals surface area contributed by atoms with E-state index >= 15 is 0 Å². The zero-order valence-corrected chi connectivity index (χ0v) is 15.2. The van der Waals surface area contributed by atoms with Gasteiger partial charge in [-0.15, -0.1) is 0 Å². The number of nitrogens with zero attached hydrogens (tertiary/aromatic N) is 2. The number of piperidine rings is 1. The van der Waals surface area contributed by atoms with Crippen molar-refractivity contribution in [2.75, 3.05) is 24.5 Å². The second kappa shape index (κ2) is 7.91. The standard InChI is InChI=1S/C19H22ClN3O3/c1-2-17(24)22-10-5-6-13(12-22)18(25)21-15-9-11-23(19(15)26)16-8-4-3-7-14(16)20/h2-4,7-8,13,15H,1,5-6,9-12H2,(H,21,25). The fraction of sp³-hybridized carbons (Fsp3) is 0.421. The van der Waals surface area contributed by atoms with Crippen molar-refractivity contribution in [3.8, 4) is 0 Å². The van der Waals surface area contributed by atoms with Gasteiger partial charge < -0.3 is 15.1 Å². The number of para-hydroxylation sites is 1. The monoisotopic (exact) mass is 375 g/mol. The van der Waals surface area contributed by atoms with E-state index in [-0.39, 0.29) is 23.6 Å². The average molecular weight is 376 g/mol. The van der Waals surface area contributed by atoms with Crippen LogP contribution in [0.15, 0.2) is 36.9 Å². The van der Waals surface area contributed by atoms with Gasteiger partial charge in [-0.2, -0.15) is 0 Å². The van der Waals surface area contributed by atoms with Crippen LogP contribution in [0.3, 0.4) is 0 Å². The molecule has 2 saturated heterocycles. The minimum absolute atomic E-state index is 0.152. The summed E-state index contributed by atoms with van der Waals surface area (Å²) in [5.74, 6) is -0.786. The van der Waals surface area contributed by atoms with Crippen LogP contribution in [0, 0.1) is 5.92 Å². The van der Waals surface area contributed by atoms with Gasteiger partial charge in [-0.05, 0) is 37.5 Å².